The van der Waals surface area contributed by atoms with Crippen molar-refractivity contribution in [3.8, 4) is 11.5 Å². The van der Waals surface area contributed by atoms with E-state index in [0.29, 0.717) is 18.5 Å². The van der Waals surface area contributed by atoms with E-state index in [1.807, 2.05) is 18.2 Å². The molecule has 3 rings (SSSR count). The fourth-order valence-corrected chi connectivity index (χ4v) is 3.95. The van der Waals surface area contributed by atoms with E-state index in [2.05, 4.69) is 18.7 Å². The van der Waals surface area contributed by atoms with Crippen molar-refractivity contribution < 1.29 is 14.3 Å². The van der Waals surface area contributed by atoms with Gasteiger partial charge in [-0.2, -0.15) is 0 Å². The van der Waals surface area contributed by atoms with Crippen LogP contribution in [-0.2, 0) is 11.3 Å². The average Bonchev–Trinajstić information content (AvgIpc) is 2.99. The Hall–Kier alpha value is -1.71. The molecule has 0 heterocycles. The van der Waals surface area contributed by atoms with Crippen molar-refractivity contribution >= 4 is 5.91 Å². The molecule has 132 valence electrons. The molecule has 1 aromatic carbocycles. The van der Waals surface area contributed by atoms with Gasteiger partial charge in [0.1, 0.15) is 0 Å². The monoisotopic (exact) mass is 331 g/mol. The number of carbonyl (C=O) groups is 1. The van der Waals surface area contributed by atoms with E-state index in [4.69, 9.17) is 9.47 Å². The van der Waals surface area contributed by atoms with Gasteiger partial charge in [-0.05, 0) is 30.7 Å². The van der Waals surface area contributed by atoms with E-state index in [1.54, 1.807) is 14.2 Å². The number of rotatable bonds is 6. The molecule has 24 heavy (non-hydrogen) atoms. The van der Waals surface area contributed by atoms with Crippen LogP contribution in [0.4, 0.5) is 0 Å². The molecule has 0 saturated heterocycles. The average molecular weight is 331 g/mol. The second-order valence-electron chi connectivity index (χ2n) is 7.80. The number of hydrogen-bond acceptors (Lipinski definition) is 3. The van der Waals surface area contributed by atoms with Crippen molar-refractivity contribution in [2.75, 3.05) is 14.2 Å². The van der Waals surface area contributed by atoms with Gasteiger partial charge in [-0.25, -0.2) is 0 Å². The van der Waals surface area contributed by atoms with Gasteiger partial charge in [0.25, 0.3) is 0 Å². The number of carbonyl (C=O) groups excluding carboxylic acids is 1. The number of methoxy groups -OCH3 is 2. The molecule has 4 heteroatoms. The molecule has 2 aliphatic rings. The molecule has 0 N–H and O–H groups in total. The minimum Gasteiger partial charge on any atom is -0.493 e. The van der Waals surface area contributed by atoms with Gasteiger partial charge in [0, 0.05) is 24.1 Å². The smallest absolute Gasteiger partial charge is 0.226 e. The van der Waals surface area contributed by atoms with Gasteiger partial charge in [0.15, 0.2) is 11.5 Å². The van der Waals surface area contributed by atoms with Crippen molar-refractivity contribution in [1.29, 1.82) is 0 Å². The maximum Gasteiger partial charge on any atom is 0.226 e. The summed E-state index contributed by atoms with van der Waals surface area (Å²) in [5.41, 5.74) is 1.18. The lowest BCUT2D eigenvalue weighted by molar-refractivity contribution is -0.136. The summed E-state index contributed by atoms with van der Waals surface area (Å²) in [6.07, 6.45) is 5.68. The molecule has 0 radical (unpaired) electrons. The summed E-state index contributed by atoms with van der Waals surface area (Å²) in [6.45, 7) is 4.99. The third kappa shape index (κ3) is 3.24. The lowest BCUT2D eigenvalue weighted by atomic mass is 10.1. The third-order valence-electron chi connectivity index (χ3n) is 5.69. The Balaban J connectivity index is 1.86. The molecule has 0 spiro atoms. The number of amides is 1. The minimum atomic E-state index is 0.159. The first-order valence-corrected chi connectivity index (χ1v) is 8.98. The molecular weight excluding hydrogens is 302 g/mol. The Morgan fingerprint density at radius 1 is 1.21 bits per heavy atom. The van der Waals surface area contributed by atoms with Crippen LogP contribution in [0.2, 0.25) is 0 Å². The first kappa shape index (κ1) is 17.1. The van der Waals surface area contributed by atoms with E-state index in [-0.39, 0.29) is 11.3 Å². The highest BCUT2D eigenvalue weighted by molar-refractivity contribution is 5.83. The highest BCUT2D eigenvalue weighted by Crippen LogP contribution is 2.53. The van der Waals surface area contributed by atoms with E-state index in [9.17, 15) is 4.79 Å². The molecule has 0 bridgehead atoms. The second-order valence-corrected chi connectivity index (χ2v) is 7.80. The first-order chi connectivity index (χ1) is 11.5. The number of ether oxygens (including phenoxy) is 2. The van der Waals surface area contributed by atoms with Crippen LogP contribution < -0.4 is 9.47 Å². The topological polar surface area (TPSA) is 38.8 Å². The van der Waals surface area contributed by atoms with E-state index in [1.165, 1.54) is 12.8 Å². The second kappa shape index (κ2) is 6.66. The van der Waals surface area contributed by atoms with Crippen LogP contribution in [0.1, 0.15) is 51.5 Å². The number of para-hydroxylation sites is 1. The van der Waals surface area contributed by atoms with Gasteiger partial charge in [0.05, 0.1) is 14.2 Å². The Morgan fingerprint density at radius 3 is 2.42 bits per heavy atom. The molecule has 0 aliphatic heterocycles. The van der Waals surface area contributed by atoms with Crippen LogP contribution in [-0.4, -0.2) is 31.1 Å². The summed E-state index contributed by atoms with van der Waals surface area (Å²) in [5.74, 6) is 1.96. The Labute approximate surface area is 145 Å². The molecule has 1 amide bonds. The zero-order chi connectivity index (χ0) is 17.3. The van der Waals surface area contributed by atoms with Crippen LogP contribution in [0.15, 0.2) is 18.2 Å². The summed E-state index contributed by atoms with van der Waals surface area (Å²) in [5, 5.41) is 0. The van der Waals surface area contributed by atoms with Gasteiger partial charge >= 0.3 is 0 Å². The minimum absolute atomic E-state index is 0.159. The molecule has 2 fully saturated rings. The molecular formula is C20H29NO3. The molecule has 2 aliphatic carbocycles. The maximum atomic E-state index is 13.1. The Kier molecular flexibility index (Phi) is 4.75. The largest absolute Gasteiger partial charge is 0.493 e. The lowest BCUT2D eigenvalue weighted by Crippen LogP contribution is -2.40. The van der Waals surface area contributed by atoms with Gasteiger partial charge in [-0.1, -0.05) is 38.8 Å². The van der Waals surface area contributed by atoms with E-state index in [0.717, 1.165) is 36.3 Å². The molecule has 1 atom stereocenters. The lowest BCUT2D eigenvalue weighted by Gasteiger charge is -2.30. The summed E-state index contributed by atoms with van der Waals surface area (Å²) in [4.78, 5) is 15.2. The van der Waals surface area contributed by atoms with Crippen LogP contribution in [0.5, 0.6) is 11.5 Å². The Bertz CT molecular complexity index is 605. The van der Waals surface area contributed by atoms with Crippen molar-refractivity contribution in [1.82, 2.24) is 4.90 Å². The standard InChI is InChI=1S/C20H29NO3/c1-20(2)12-16(20)19(22)21(15-9-5-6-10-15)13-14-8-7-11-17(23-3)18(14)24-4/h7-8,11,15-16H,5-6,9-10,12-13H2,1-4H3. The Morgan fingerprint density at radius 2 is 1.88 bits per heavy atom. The molecule has 0 aromatic heterocycles. The van der Waals surface area contributed by atoms with Gasteiger partial charge < -0.3 is 14.4 Å². The fourth-order valence-electron chi connectivity index (χ4n) is 3.95. The number of nitrogens with zero attached hydrogens (tertiary/aromatic N) is 1. The zero-order valence-electron chi connectivity index (χ0n) is 15.3. The highest BCUT2D eigenvalue weighted by atomic mass is 16.5. The fraction of sp³-hybridized carbons (Fsp3) is 0.650. The summed E-state index contributed by atoms with van der Waals surface area (Å²) < 4.78 is 11.0. The summed E-state index contributed by atoms with van der Waals surface area (Å²) in [6, 6.07) is 6.27. The summed E-state index contributed by atoms with van der Waals surface area (Å²) >= 11 is 0. The summed E-state index contributed by atoms with van der Waals surface area (Å²) in [7, 11) is 3.31. The van der Waals surface area contributed by atoms with Crippen molar-refractivity contribution in [2.24, 2.45) is 11.3 Å². The predicted molar refractivity (Wildman–Crippen MR) is 94.2 cm³/mol. The molecule has 1 aromatic rings. The predicted octanol–water partition coefficient (Wildman–Crippen LogP) is 4.02. The first-order valence-electron chi connectivity index (χ1n) is 8.98. The van der Waals surface area contributed by atoms with Gasteiger partial charge in [0.2, 0.25) is 5.91 Å². The SMILES string of the molecule is COc1cccc(CN(C(=O)C2CC2(C)C)C2CCCC2)c1OC. The van der Waals surface area contributed by atoms with Crippen molar-refractivity contribution in [3.63, 3.8) is 0 Å². The number of benzene rings is 1. The van der Waals surface area contributed by atoms with Crippen LogP contribution in [0.25, 0.3) is 0 Å². The highest BCUT2D eigenvalue weighted by Gasteiger charge is 2.52. The normalized spacial score (nSPS) is 22.2. The van der Waals surface area contributed by atoms with Crippen molar-refractivity contribution in [2.45, 2.75) is 58.5 Å². The third-order valence-corrected chi connectivity index (χ3v) is 5.69. The molecule has 2 saturated carbocycles. The number of hydrogen-bond donors (Lipinski definition) is 0. The van der Waals surface area contributed by atoms with E-state index >= 15 is 0 Å². The van der Waals surface area contributed by atoms with Gasteiger partial charge in [-0.3, -0.25) is 4.79 Å². The molecule has 1 unspecified atom stereocenters. The van der Waals surface area contributed by atoms with Gasteiger partial charge in [-0.15, -0.1) is 0 Å². The van der Waals surface area contributed by atoms with E-state index < -0.39 is 0 Å². The van der Waals surface area contributed by atoms with Crippen LogP contribution in [0, 0.1) is 11.3 Å². The van der Waals surface area contributed by atoms with Crippen molar-refractivity contribution in [3.05, 3.63) is 23.8 Å². The maximum absolute atomic E-state index is 13.1. The zero-order valence-corrected chi connectivity index (χ0v) is 15.3. The van der Waals surface area contributed by atoms with Crippen LogP contribution >= 0.6 is 0 Å². The van der Waals surface area contributed by atoms with Crippen LogP contribution in [0.3, 0.4) is 0 Å². The molecule has 4 nitrogen and oxygen atoms in total. The quantitative estimate of drug-likeness (QED) is 0.790.